The third-order valence-corrected chi connectivity index (χ3v) is 24.1. The number of likely N-dealkylation sites (tertiary alicyclic amines) is 1. The zero-order valence-corrected chi connectivity index (χ0v) is 57.6. The summed E-state index contributed by atoms with van der Waals surface area (Å²) in [6, 6.07) is -1.18. The highest BCUT2D eigenvalue weighted by Crippen LogP contribution is 2.70. The van der Waals surface area contributed by atoms with Gasteiger partial charge in [-0.25, -0.2) is 0 Å². The van der Waals surface area contributed by atoms with Crippen molar-refractivity contribution < 1.29 is 96.9 Å². The molecule has 7 N–H and O–H groups in total. The summed E-state index contributed by atoms with van der Waals surface area (Å²) in [5.74, 6) is 11.4. The summed E-state index contributed by atoms with van der Waals surface area (Å²) in [7, 11) is 11.3. The summed E-state index contributed by atoms with van der Waals surface area (Å²) in [5, 5.41) is 61.8. The Labute approximate surface area is 552 Å². The molecule has 1 spiro atoms. The first kappa shape index (κ1) is 71.6. The predicted octanol–water partition coefficient (Wildman–Crippen LogP) is 4.00. The second-order valence-corrected chi connectivity index (χ2v) is 29.4. The van der Waals surface area contributed by atoms with Crippen molar-refractivity contribution in [2.75, 3.05) is 67.5 Å². The number of thioether (sulfide) groups is 1. The third-order valence-electron chi connectivity index (χ3n) is 18.6. The van der Waals surface area contributed by atoms with E-state index in [9.17, 15) is 39.9 Å². The van der Waals surface area contributed by atoms with E-state index in [4.69, 9.17) is 56.9 Å². The number of aliphatic hydroxyl groups is 5. The number of nitrogens with one attached hydrogen (secondary N) is 2. The van der Waals surface area contributed by atoms with Crippen LogP contribution >= 0.6 is 55.9 Å². The maximum Gasteiger partial charge on any atom is 0.229 e. The van der Waals surface area contributed by atoms with Crippen LogP contribution in [0, 0.1) is 51.4 Å². The second kappa shape index (κ2) is 31.0. The zero-order valence-electron chi connectivity index (χ0n) is 53.0. The molecule has 500 valence electrons. The highest BCUT2D eigenvalue weighted by atomic mass is 127. The molecule has 23 nitrogen and oxygen atoms in total. The summed E-state index contributed by atoms with van der Waals surface area (Å²) < 4.78 is 68.6. The molecule has 90 heavy (non-hydrogen) atoms. The summed E-state index contributed by atoms with van der Waals surface area (Å²) >= 11 is 2.86. The van der Waals surface area contributed by atoms with E-state index in [1.54, 1.807) is 58.6 Å². The Balaban J connectivity index is 0.939. The number of halogens is 1. The Bertz CT molecular complexity index is 2920. The van der Waals surface area contributed by atoms with Crippen LogP contribution in [0.4, 0.5) is 0 Å². The summed E-state index contributed by atoms with van der Waals surface area (Å²) in [5.41, 5.74) is 1.49. The number of hydroxylamine groups is 1. The van der Waals surface area contributed by atoms with Crippen LogP contribution in [0.3, 0.4) is 0 Å². The number of rotatable bonds is 23. The van der Waals surface area contributed by atoms with E-state index in [2.05, 4.69) is 46.4 Å². The van der Waals surface area contributed by atoms with Crippen molar-refractivity contribution in [2.45, 2.75) is 207 Å². The van der Waals surface area contributed by atoms with Crippen LogP contribution in [0.2, 0.25) is 0 Å². The number of benzene rings is 1. The molecule has 5 heterocycles. The van der Waals surface area contributed by atoms with Gasteiger partial charge in [-0.1, -0.05) is 70.0 Å². The predicted molar refractivity (Wildman–Crippen MR) is 343 cm³/mol. The molecule has 5 aliphatic heterocycles. The quantitative estimate of drug-likeness (QED) is 0.0203. The molecule has 1 aromatic carbocycles. The Morgan fingerprint density at radius 3 is 2.29 bits per heavy atom. The van der Waals surface area contributed by atoms with Gasteiger partial charge in [0.25, 0.3) is 0 Å². The minimum Gasteiger partial charge on any atom is -0.492 e. The van der Waals surface area contributed by atoms with Gasteiger partial charge < -0.3 is 92.6 Å². The smallest absolute Gasteiger partial charge is 0.229 e. The number of allylic oxidation sites excluding steroid dienone is 2. The van der Waals surface area contributed by atoms with Crippen LogP contribution in [0.25, 0.3) is 0 Å². The van der Waals surface area contributed by atoms with E-state index in [1.807, 2.05) is 46.4 Å². The van der Waals surface area contributed by atoms with E-state index in [0.717, 1.165) is 37.7 Å². The van der Waals surface area contributed by atoms with Gasteiger partial charge in [0, 0.05) is 68.3 Å². The van der Waals surface area contributed by atoms with Crippen molar-refractivity contribution >= 4 is 72.6 Å². The molecule has 3 aliphatic carbocycles. The van der Waals surface area contributed by atoms with E-state index >= 15 is 0 Å². The molecule has 3 unspecified atom stereocenters. The van der Waals surface area contributed by atoms with Crippen LogP contribution in [0.1, 0.15) is 96.0 Å². The fourth-order valence-corrected chi connectivity index (χ4v) is 18.0. The minimum absolute atomic E-state index is 0.0405. The second-order valence-electron chi connectivity index (χ2n) is 24.4. The Morgan fingerprint density at radius 1 is 0.900 bits per heavy atom. The van der Waals surface area contributed by atoms with Gasteiger partial charge >= 0.3 is 0 Å². The number of methoxy groups -OCH3 is 4. The van der Waals surface area contributed by atoms with Crippen molar-refractivity contribution in [3.05, 3.63) is 38.0 Å². The van der Waals surface area contributed by atoms with Gasteiger partial charge in [0.1, 0.15) is 53.8 Å². The highest BCUT2D eigenvalue weighted by Gasteiger charge is 2.78. The van der Waals surface area contributed by atoms with Crippen LogP contribution in [-0.4, -0.2) is 235 Å². The molecule has 8 aliphatic rings. The number of hydrogen-bond donors (Lipinski definition) is 7. The van der Waals surface area contributed by atoms with E-state index in [0.29, 0.717) is 37.8 Å². The van der Waals surface area contributed by atoms with Gasteiger partial charge in [-0.3, -0.25) is 14.4 Å². The van der Waals surface area contributed by atoms with E-state index in [1.165, 1.54) is 28.3 Å². The van der Waals surface area contributed by atoms with E-state index < -0.39 is 125 Å². The molecule has 27 heteroatoms. The molecular formula is C63H88IN3O20S3. The van der Waals surface area contributed by atoms with Crippen molar-refractivity contribution in [1.29, 1.82) is 0 Å². The largest absolute Gasteiger partial charge is 0.492 e. The Hall–Kier alpha value is -2.67. The lowest BCUT2D eigenvalue weighted by molar-refractivity contribution is -0.342. The average Bonchev–Trinajstić information content (AvgIpc) is 1.42. The number of ketones is 2. The minimum atomic E-state index is -1.73. The van der Waals surface area contributed by atoms with Crippen molar-refractivity contribution in [1.82, 2.24) is 15.7 Å². The average molecular weight is 1430 g/mol. The number of aliphatic hydroxyl groups excluding tert-OH is 4. The van der Waals surface area contributed by atoms with Gasteiger partial charge in [0.05, 0.1) is 83.2 Å². The molecule has 5 saturated heterocycles. The van der Waals surface area contributed by atoms with Crippen LogP contribution < -0.4 is 25.0 Å². The molecule has 0 aromatic heterocycles. The van der Waals surface area contributed by atoms with Gasteiger partial charge in [0.15, 0.2) is 30.4 Å². The van der Waals surface area contributed by atoms with Crippen molar-refractivity contribution in [3.63, 3.8) is 0 Å². The van der Waals surface area contributed by atoms with E-state index in [-0.39, 0.29) is 78.8 Å². The fraction of sp³-hybridized carbons (Fsp3) is 0.730. The zero-order chi connectivity index (χ0) is 65.1. The lowest BCUT2D eigenvalue weighted by atomic mass is 9.44. The standard InChI is InChI=1S/C63H88IN3O20S3/c1-13-65-39-29-80-44(27-43(39)76-9)85-56-51(72)49(66-87-45-26-40(69)58(35(7)81-45)89-59(74)46-32(4)48(64)54(57(79-12)53(46)77-10)86-60-52(73)55(78-11)50(71)34(6)83-60)33(5)82-61(56)84-42-16-14-15-30(2)17-21-62-38(25-31(3)68)41(70)28-63(62,75)37(47(42)62)20-24-88-90-36-18-22-67(8)23-19-36/h15,20,33-36,38-40,42-45,47,49-52,55-56,58,60-61,65-66,69,71-73,75H,13,18-19,22-29H2,1-12H3/b30-15-,37-20+/t33-,34+,35-,38?,39+,40+,42+,43+,44+,45+,47?,49-,50+,51+,52-,55-,56-,58-,60+,61+,62?,63+/m1/s1. The summed E-state index contributed by atoms with van der Waals surface area (Å²) in [6.07, 6.45) is -10.6. The molecule has 0 bridgehead atoms. The lowest BCUT2D eigenvalue weighted by Gasteiger charge is -2.60. The fourth-order valence-electron chi connectivity index (χ4n) is 13.7. The Kier molecular flexibility index (Phi) is 24.7. The summed E-state index contributed by atoms with van der Waals surface area (Å²) in [4.78, 5) is 50.4. The number of Topliss-reactive ketones (excluding diaryl/α,β-unsaturated/α-hetero) is 2. The first-order valence-corrected chi connectivity index (χ1v) is 35.0. The number of hydrogen-bond acceptors (Lipinski definition) is 26. The molecule has 7 fully saturated rings. The molecule has 22 atom stereocenters. The van der Waals surface area contributed by atoms with Crippen LogP contribution in [0.5, 0.6) is 17.2 Å². The highest BCUT2D eigenvalue weighted by molar-refractivity contribution is 14.1. The molecule has 1 aromatic rings. The topological polar surface area (TPSA) is 290 Å². The number of likely N-dealkylation sites (N-methyl/N-ethyl adjacent to an activating group) is 1. The van der Waals surface area contributed by atoms with Crippen molar-refractivity contribution in [2.24, 2.45) is 17.3 Å². The summed E-state index contributed by atoms with van der Waals surface area (Å²) in [6.45, 7) is 14.9. The number of nitrogens with zero attached hydrogens (tertiary/aromatic N) is 1. The molecule has 2 saturated carbocycles. The Morgan fingerprint density at radius 2 is 1.62 bits per heavy atom. The molecule has 0 radical (unpaired) electrons. The molecular weight excluding hydrogens is 1340 g/mol. The molecule has 9 rings (SSSR count). The number of carbonyl (C=O) groups excluding carboxylic acids is 3. The SMILES string of the molecule is CCN[C@H]1CO[C@@H](O[C@H]2[C@H](O[C@H]3C#C/C=C(/C)C#CC45C(CC(C)=O)C(=O)C[C@]4(O)/C(=C/CSSC4CCN(C)CC4)C35)O[C@H](C)[C@@H](NO[C@H]3C[C@H](O)[C@H](SC(=O)c4c(C)c(I)c(O[C@@H]5O[C@@H](C)[C@H](O)[C@@H](OC)[C@H]5O)c(OC)c4OC)[C@@H](C)O3)[C@@H]2O)C[C@@H]1OC. The van der Waals surface area contributed by atoms with Gasteiger partial charge in [0.2, 0.25) is 17.2 Å². The van der Waals surface area contributed by atoms with Gasteiger partial charge in [-0.05, 0) is 121 Å². The maximum absolute atomic E-state index is 14.5. The van der Waals surface area contributed by atoms with Crippen molar-refractivity contribution in [3.8, 4) is 40.9 Å². The number of piperidine rings is 1. The lowest BCUT2D eigenvalue weighted by Crippen LogP contribution is -2.69. The van der Waals surface area contributed by atoms with Crippen LogP contribution in [-0.2, 0) is 52.3 Å². The number of carbonyl (C=O) groups is 3. The first-order chi connectivity index (χ1) is 42.9. The first-order valence-electron chi connectivity index (χ1n) is 30.7. The maximum atomic E-state index is 14.5. The third kappa shape index (κ3) is 14.7. The number of ether oxygens (including phenoxy) is 11. The van der Waals surface area contributed by atoms with Gasteiger partial charge in [-0.15, -0.1) is 0 Å². The van der Waals surface area contributed by atoms with Crippen LogP contribution in [0.15, 0.2) is 23.3 Å². The normalized spacial score (nSPS) is 39.8. The monoisotopic (exact) mass is 1430 g/mol. The molecule has 0 amide bonds. The van der Waals surface area contributed by atoms with Gasteiger partial charge in [-0.2, -0.15) is 5.48 Å².